The topological polar surface area (TPSA) is 77.3 Å². The van der Waals surface area contributed by atoms with Gasteiger partial charge >= 0.3 is 0 Å². The SMILES string of the molecule is COc1ccc(-c2noc(CCCCCNC(=O)C(C)(C)c3ccccc3)n2)cc1. The number of amides is 1. The first-order chi connectivity index (χ1) is 14.5. The van der Waals surface area contributed by atoms with Crippen LogP contribution in [0.2, 0.25) is 0 Å². The monoisotopic (exact) mass is 407 g/mol. The van der Waals surface area contributed by atoms with E-state index in [0.29, 0.717) is 18.3 Å². The molecule has 0 unspecified atom stereocenters. The van der Waals surface area contributed by atoms with Crippen molar-refractivity contribution in [1.29, 1.82) is 0 Å². The Labute approximate surface area is 177 Å². The number of aryl methyl sites for hydroxylation is 1. The minimum absolute atomic E-state index is 0.0507. The molecule has 0 spiro atoms. The van der Waals surface area contributed by atoms with Crippen LogP contribution in [0.5, 0.6) is 5.75 Å². The molecular formula is C24H29N3O3. The van der Waals surface area contributed by atoms with Gasteiger partial charge in [-0.05, 0) is 56.5 Å². The molecule has 158 valence electrons. The normalized spacial score (nSPS) is 11.3. The van der Waals surface area contributed by atoms with Gasteiger partial charge in [-0.25, -0.2) is 0 Å². The van der Waals surface area contributed by atoms with Gasteiger partial charge in [0, 0.05) is 18.5 Å². The zero-order chi connectivity index (χ0) is 21.4. The fraction of sp³-hybridized carbons (Fsp3) is 0.375. The summed E-state index contributed by atoms with van der Waals surface area (Å²) in [4.78, 5) is 17.0. The summed E-state index contributed by atoms with van der Waals surface area (Å²) in [6, 6.07) is 17.4. The van der Waals surface area contributed by atoms with Crippen molar-refractivity contribution < 1.29 is 14.1 Å². The van der Waals surface area contributed by atoms with Crippen LogP contribution >= 0.6 is 0 Å². The van der Waals surface area contributed by atoms with Gasteiger partial charge in [-0.15, -0.1) is 0 Å². The summed E-state index contributed by atoms with van der Waals surface area (Å²) < 4.78 is 10.5. The molecule has 0 saturated carbocycles. The van der Waals surface area contributed by atoms with Crippen molar-refractivity contribution in [3.05, 3.63) is 66.1 Å². The van der Waals surface area contributed by atoms with Crippen LogP contribution in [0.25, 0.3) is 11.4 Å². The maximum Gasteiger partial charge on any atom is 0.230 e. The van der Waals surface area contributed by atoms with Gasteiger partial charge in [-0.2, -0.15) is 4.98 Å². The Balaban J connectivity index is 1.37. The van der Waals surface area contributed by atoms with E-state index in [2.05, 4.69) is 15.5 Å². The molecule has 1 N–H and O–H groups in total. The van der Waals surface area contributed by atoms with E-state index in [-0.39, 0.29) is 5.91 Å². The highest BCUT2D eigenvalue weighted by Crippen LogP contribution is 2.23. The van der Waals surface area contributed by atoms with Crippen LogP contribution in [0, 0.1) is 0 Å². The van der Waals surface area contributed by atoms with Crippen LogP contribution in [0.15, 0.2) is 59.1 Å². The molecule has 6 heteroatoms. The van der Waals surface area contributed by atoms with E-state index in [1.807, 2.05) is 68.4 Å². The molecule has 3 rings (SSSR count). The molecule has 30 heavy (non-hydrogen) atoms. The molecule has 1 aromatic heterocycles. The summed E-state index contributed by atoms with van der Waals surface area (Å²) >= 11 is 0. The smallest absolute Gasteiger partial charge is 0.230 e. The molecule has 0 fully saturated rings. The number of ether oxygens (including phenoxy) is 1. The fourth-order valence-corrected chi connectivity index (χ4v) is 3.20. The van der Waals surface area contributed by atoms with Gasteiger partial charge < -0.3 is 14.6 Å². The summed E-state index contributed by atoms with van der Waals surface area (Å²) in [7, 11) is 1.64. The Bertz CT molecular complexity index is 934. The third-order valence-electron chi connectivity index (χ3n) is 5.23. The summed E-state index contributed by atoms with van der Waals surface area (Å²) in [5.41, 5.74) is 1.38. The molecule has 6 nitrogen and oxygen atoms in total. The lowest BCUT2D eigenvalue weighted by Gasteiger charge is -2.24. The molecule has 0 radical (unpaired) electrons. The van der Waals surface area contributed by atoms with Crippen molar-refractivity contribution in [2.45, 2.75) is 44.9 Å². The molecule has 3 aromatic rings. The van der Waals surface area contributed by atoms with E-state index >= 15 is 0 Å². The largest absolute Gasteiger partial charge is 0.497 e. The summed E-state index contributed by atoms with van der Waals surface area (Å²) in [6.45, 7) is 4.57. The Kier molecular flexibility index (Phi) is 7.22. The van der Waals surface area contributed by atoms with Crippen molar-refractivity contribution in [1.82, 2.24) is 15.5 Å². The number of benzene rings is 2. The number of nitrogens with zero attached hydrogens (tertiary/aromatic N) is 2. The van der Waals surface area contributed by atoms with Crippen molar-refractivity contribution >= 4 is 5.91 Å². The van der Waals surface area contributed by atoms with Crippen molar-refractivity contribution in [2.24, 2.45) is 0 Å². The predicted octanol–water partition coefficient (Wildman–Crippen LogP) is 4.55. The third-order valence-corrected chi connectivity index (χ3v) is 5.23. The molecule has 0 aliphatic heterocycles. The molecule has 2 aromatic carbocycles. The minimum atomic E-state index is -0.539. The van der Waals surface area contributed by atoms with E-state index in [4.69, 9.17) is 9.26 Å². The lowest BCUT2D eigenvalue weighted by Crippen LogP contribution is -2.40. The van der Waals surface area contributed by atoms with Gasteiger partial charge in [0.25, 0.3) is 0 Å². The number of hydrogen-bond donors (Lipinski definition) is 1. The Morgan fingerprint density at radius 3 is 2.47 bits per heavy atom. The molecule has 0 saturated heterocycles. The van der Waals surface area contributed by atoms with Gasteiger partial charge in [0.1, 0.15) is 5.75 Å². The first-order valence-electron chi connectivity index (χ1n) is 10.3. The first kappa shape index (κ1) is 21.6. The van der Waals surface area contributed by atoms with Gasteiger partial charge in [-0.3, -0.25) is 4.79 Å². The number of unbranched alkanes of at least 4 members (excludes halogenated alkanes) is 2. The highest BCUT2D eigenvalue weighted by atomic mass is 16.5. The van der Waals surface area contributed by atoms with E-state index in [1.165, 1.54) is 0 Å². The Morgan fingerprint density at radius 2 is 1.77 bits per heavy atom. The molecule has 1 heterocycles. The quantitative estimate of drug-likeness (QED) is 0.499. The van der Waals surface area contributed by atoms with Crippen LogP contribution in [-0.4, -0.2) is 29.7 Å². The first-order valence-corrected chi connectivity index (χ1v) is 10.3. The number of rotatable bonds is 10. The van der Waals surface area contributed by atoms with E-state index in [1.54, 1.807) is 7.11 Å². The lowest BCUT2D eigenvalue weighted by molar-refractivity contribution is -0.125. The third kappa shape index (κ3) is 5.47. The Morgan fingerprint density at radius 1 is 1.03 bits per heavy atom. The maximum atomic E-state index is 12.5. The number of nitrogens with one attached hydrogen (secondary N) is 1. The summed E-state index contributed by atoms with van der Waals surface area (Å²) in [6.07, 6.45) is 3.55. The van der Waals surface area contributed by atoms with Crippen LogP contribution in [0.3, 0.4) is 0 Å². The van der Waals surface area contributed by atoms with Gasteiger partial charge in [0.15, 0.2) is 0 Å². The minimum Gasteiger partial charge on any atom is -0.497 e. The molecule has 0 atom stereocenters. The van der Waals surface area contributed by atoms with Crippen molar-refractivity contribution in [2.75, 3.05) is 13.7 Å². The lowest BCUT2D eigenvalue weighted by atomic mass is 9.84. The zero-order valence-electron chi connectivity index (χ0n) is 17.9. The second-order valence-corrected chi connectivity index (χ2v) is 7.80. The van der Waals surface area contributed by atoms with Gasteiger partial charge in [-0.1, -0.05) is 41.9 Å². The van der Waals surface area contributed by atoms with E-state index < -0.39 is 5.41 Å². The average molecular weight is 408 g/mol. The number of methoxy groups -OCH3 is 1. The second-order valence-electron chi connectivity index (χ2n) is 7.80. The highest BCUT2D eigenvalue weighted by Gasteiger charge is 2.28. The van der Waals surface area contributed by atoms with Crippen molar-refractivity contribution in [3.63, 3.8) is 0 Å². The average Bonchev–Trinajstić information content (AvgIpc) is 3.25. The van der Waals surface area contributed by atoms with Gasteiger partial charge in [0.05, 0.1) is 12.5 Å². The van der Waals surface area contributed by atoms with Crippen LogP contribution < -0.4 is 10.1 Å². The number of carbonyl (C=O) groups is 1. The van der Waals surface area contributed by atoms with Crippen LogP contribution in [0.1, 0.15) is 44.6 Å². The predicted molar refractivity (Wildman–Crippen MR) is 116 cm³/mol. The molecule has 1 amide bonds. The highest BCUT2D eigenvalue weighted by molar-refractivity contribution is 5.87. The van der Waals surface area contributed by atoms with E-state index in [0.717, 1.165) is 42.6 Å². The second kappa shape index (κ2) is 10.1. The van der Waals surface area contributed by atoms with Crippen molar-refractivity contribution in [3.8, 4) is 17.1 Å². The summed E-state index contributed by atoms with van der Waals surface area (Å²) in [5.74, 6) is 2.06. The summed E-state index contributed by atoms with van der Waals surface area (Å²) in [5, 5.41) is 7.11. The Hall–Kier alpha value is -3.15. The van der Waals surface area contributed by atoms with Crippen LogP contribution in [-0.2, 0) is 16.6 Å². The van der Waals surface area contributed by atoms with E-state index in [9.17, 15) is 4.79 Å². The number of aromatic nitrogens is 2. The van der Waals surface area contributed by atoms with Gasteiger partial charge in [0.2, 0.25) is 17.6 Å². The zero-order valence-corrected chi connectivity index (χ0v) is 17.9. The fourth-order valence-electron chi connectivity index (χ4n) is 3.20. The molecule has 0 bridgehead atoms. The molecule has 0 aliphatic carbocycles. The molecule has 0 aliphatic rings. The number of carbonyl (C=O) groups excluding carboxylic acids is 1. The molecular weight excluding hydrogens is 378 g/mol. The number of hydrogen-bond acceptors (Lipinski definition) is 5. The van der Waals surface area contributed by atoms with Crippen LogP contribution in [0.4, 0.5) is 0 Å². The maximum absolute atomic E-state index is 12.5. The standard InChI is InChI=1S/C24H29N3O3/c1-24(2,19-10-6-4-7-11-19)23(28)25-17-9-5-8-12-21-26-22(27-30-21)18-13-15-20(29-3)16-14-18/h4,6-7,10-11,13-16H,5,8-9,12,17H2,1-3H3,(H,25,28).